The van der Waals surface area contributed by atoms with E-state index < -0.39 is 23.5 Å². The van der Waals surface area contributed by atoms with Crippen LogP contribution in [0.5, 0.6) is 0 Å². The van der Waals surface area contributed by atoms with E-state index in [9.17, 15) is 19.5 Å². The largest absolute Gasteiger partial charge is 0.478 e. The summed E-state index contributed by atoms with van der Waals surface area (Å²) in [7, 11) is 1.69. The van der Waals surface area contributed by atoms with Crippen molar-refractivity contribution in [1.82, 2.24) is 10.2 Å². The molecule has 1 saturated carbocycles. The van der Waals surface area contributed by atoms with Crippen molar-refractivity contribution in [2.45, 2.75) is 31.3 Å². The second-order valence-electron chi connectivity index (χ2n) is 6.67. The number of hydrogen-bond acceptors (Lipinski definition) is 4. The van der Waals surface area contributed by atoms with Gasteiger partial charge in [-0.1, -0.05) is 18.2 Å². The number of aliphatic carboxylic acids is 1. The molecule has 1 saturated heterocycles. The number of ketones is 1. The molecule has 0 aromatic heterocycles. The molecule has 0 spiro atoms. The standard InChI is InChI=1S/C18H22N2O4/c1-20-11-10-14(13-8-5-9-15(13)21)18(20,17(23)24)19-16(22)12-6-3-2-4-7-12/h2-4,6-7,13-14H,5,8-11H2,1H3,(H,19,22)(H,23,24)/t13-,14-,18-/m0/s1. The van der Waals surface area contributed by atoms with Crippen LogP contribution in [0.4, 0.5) is 0 Å². The fraction of sp³-hybridized carbons (Fsp3) is 0.500. The highest BCUT2D eigenvalue weighted by Gasteiger charge is 2.58. The van der Waals surface area contributed by atoms with E-state index in [1.807, 2.05) is 0 Å². The smallest absolute Gasteiger partial charge is 0.345 e. The molecule has 1 heterocycles. The van der Waals surface area contributed by atoms with Crippen LogP contribution in [0.1, 0.15) is 36.0 Å². The quantitative estimate of drug-likeness (QED) is 0.874. The molecule has 1 aromatic rings. The normalized spacial score (nSPS) is 30.5. The van der Waals surface area contributed by atoms with Crippen molar-refractivity contribution in [3.05, 3.63) is 35.9 Å². The number of benzene rings is 1. The Labute approximate surface area is 140 Å². The number of amides is 1. The molecule has 1 amide bonds. The molecular weight excluding hydrogens is 308 g/mol. The van der Waals surface area contributed by atoms with E-state index in [0.29, 0.717) is 31.4 Å². The highest BCUT2D eigenvalue weighted by molar-refractivity contribution is 5.98. The van der Waals surface area contributed by atoms with E-state index in [1.54, 1.807) is 42.3 Å². The van der Waals surface area contributed by atoms with Crippen LogP contribution in [0, 0.1) is 11.8 Å². The summed E-state index contributed by atoms with van der Waals surface area (Å²) in [5, 5.41) is 12.7. The van der Waals surface area contributed by atoms with Gasteiger partial charge in [-0.25, -0.2) is 4.79 Å². The number of carbonyl (C=O) groups excluding carboxylic acids is 2. The first-order valence-corrected chi connectivity index (χ1v) is 8.31. The minimum atomic E-state index is -1.53. The summed E-state index contributed by atoms with van der Waals surface area (Å²) in [6.07, 6.45) is 2.60. The average molecular weight is 330 g/mol. The number of Topliss-reactive ketones (excluding diaryl/α,β-unsaturated/α-hetero) is 1. The number of rotatable bonds is 4. The number of nitrogens with one attached hydrogen (secondary N) is 1. The van der Waals surface area contributed by atoms with Gasteiger partial charge in [0.2, 0.25) is 0 Å². The van der Waals surface area contributed by atoms with Crippen LogP contribution in [-0.4, -0.2) is 46.9 Å². The Bertz CT molecular complexity index is 660. The zero-order valence-corrected chi connectivity index (χ0v) is 13.7. The van der Waals surface area contributed by atoms with Gasteiger partial charge in [-0.05, 0) is 38.4 Å². The lowest BCUT2D eigenvalue weighted by atomic mass is 9.79. The summed E-state index contributed by atoms with van der Waals surface area (Å²) in [5.41, 5.74) is -1.12. The van der Waals surface area contributed by atoms with Crippen LogP contribution in [0.15, 0.2) is 30.3 Å². The van der Waals surface area contributed by atoms with Gasteiger partial charge < -0.3 is 10.4 Å². The van der Waals surface area contributed by atoms with Crippen molar-refractivity contribution in [3.8, 4) is 0 Å². The lowest BCUT2D eigenvalue weighted by Gasteiger charge is -2.39. The van der Waals surface area contributed by atoms with Gasteiger partial charge in [0.05, 0.1) is 0 Å². The molecule has 2 aliphatic rings. The third-order valence-corrected chi connectivity index (χ3v) is 5.42. The minimum Gasteiger partial charge on any atom is -0.478 e. The van der Waals surface area contributed by atoms with Crippen LogP contribution in [0.25, 0.3) is 0 Å². The molecular formula is C18H22N2O4. The maximum Gasteiger partial charge on any atom is 0.345 e. The van der Waals surface area contributed by atoms with Gasteiger partial charge in [0, 0.05) is 30.4 Å². The van der Waals surface area contributed by atoms with Crippen LogP contribution < -0.4 is 5.32 Å². The van der Waals surface area contributed by atoms with Gasteiger partial charge >= 0.3 is 5.97 Å². The first-order chi connectivity index (χ1) is 11.5. The van der Waals surface area contributed by atoms with Gasteiger partial charge in [0.1, 0.15) is 5.78 Å². The van der Waals surface area contributed by atoms with Crippen molar-refractivity contribution in [2.24, 2.45) is 11.8 Å². The van der Waals surface area contributed by atoms with Gasteiger partial charge in [0.15, 0.2) is 5.66 Å². The van der Waals surface area contributed by atoms with E-state index in [4.69, 9.17) is 0 Å². The second kappa shape index (κ2) is 6.36. The number of carboxylic acids is 1. The predicted molar refractivity (Wildman–Crippen MR) is 87.4 cm³/mol. The van der Waals surface area contributed by atoms with E-state index in [0.717, 1.165) is 6.42 Å². The van der Waals surface area contributed by atoms with Crippen molar-refractivity contribution in [2.75, 3.05) is 13.6 Å². The second-order valence-corrected chi connectivity index (χ2v) is 6.67. The van der Waals surface area contributed by atoms with Gasteiger partial charge in [0.25, 0.3) is 5.91 Å². The highest BCUT2D eigenvalue weighted by Crippen LogP contribution is 2.42. The molecule has 128 valence electrons. The first kappa shape index (κ1) is 16.6. The molecule has 6 heteroatoms. The molecule has 0 bridgehead atoms. The SMILES string of the molecule is CN1CC[C@@H]([C@@H]2CCCC2=O)[C@@]1(NC(=O)c1ccccc1)C(=O)O. The van der Waals surface area contributed by atoms with E-state index >= 15 is 0 Å². The lowest BCUT2D eigenvalue weighted by molar-refractivity contribution is -0.155. The average Bonchev–Trinajstić information content (AvgIpc) is 3.12. The van der Waals surface area contributed by atoms with Crippen LogP contribution in [0.2, 0.25) is 0 Å². The minimum absolute atomic E-state index is 0.120. The van der Waals surface area contributed by atoms with Crippen molar-refractivity contribution >= 4 is 17.7 Å². The molecule has 1 aromatic carbocycles. The molecule has 0 unspecified atom stereocenters. The van der Waals surface area contributed by atoms with Gasteiger partial charge in [-0.2, -0.15) is 0 Å². The summed E-state index contributed by atoms with van der Waals surface area (Å²) < 4.78 is 0. The topological polar surface area (TPSA) is 86.7 Å². The molecule has 1 aliphatic heterocycles. The molecule has 1 aliphatic carbocycles. The van der Waals surface area contributed by atoms with Crippen LogP contribution >= 0.6 is 0 Å². The third kappa shape index (κ3) is 2.60. The zero-order valence-electron chi connectivity index (χ0n) is 13.7. The summed E-state index contributed by atoms with van der Waals surface area (Å²) in [4.78, 5) is 38.7. The highest BCUT2D eigenvalue weighted by atomic mass is 16.4. The molecule has 3 atom stereocenters. The van der Waals surface area contributed by atoms with Crippen molar-refractivity contribution < 1.29 is 19.5 Å². The first-order valence-electron chi connectivity index (χ1n) is 8.31. The Hall–Kier alpha value is -2.21. The molecule has 24 heavy (non-hydrogen) atoms. The summed E-state index contributed by atoms with van der Waals surface area (Å²) >= 11 is 0. The number of likely N-dealkylation sites (N-methyl/N-ethyl adjacent to an activating group) is 1. The predicted octanol–water partition coefficient (Wildman–Crippen LogP) is 1.52. The number of carbonyl (C=O) groups is 3. The lowest BCUT2D eigenvalue weighted by Crippen LogP contribution is -2.66. The number of carboxylic acid groups (broad SMARTS) is 1. The Kier molecular flexibility index (Phi) is 4.41. The maximum absolute atomic E-state index is 12.6. The molecule has 0 radical (unpaired) electrons. The zero-order chi connectivity index (χ0) is 17.3. The Morgan fingerprint density at radius 3 is 2.54 bits per heavy atom. The monoisotopic (exact) mass is 330 g/mol. The van der Waals surface area contributed by atoms with E-state index in [2.05, 4.69) is 5.32 Å². The Morgan fingerprint density at radius 1 is 1.25 bits per heavy atom. The van der Waals surface area contributed by atoms with Crippen molar-refractivity contribution in [1.29, 1.82) is 0 Å². The van der Waals surface area contributed by atoms with E-state index in [1.165, 1.54) is 0 Å². The number of hydrogen-bond donors (Lipinski definition) is 2. The summed E-state index contributed by atoms with van der Waals surface area (Å²) in [5.74, 6) is -2.10. The van der Waals surface area contributed by atoms with Crippen LogP contribution in [-0.2, 0) is 9.59 Å². The van der Waals surface area contributed by atoms with Gasteiger partial charge in [-0.15, -0.1) is 0 Å². The van der Waals surface area contributed by atoms with Crippen LogP contribution in [0.3, 0.4) is 0 Å². The fourth-order valence-corrected chi connectivity index (χ4v) is 4.16. The fourth-order valence-electron chi connectivity index (χ4n) is 4.16. The molecule has 6 nitrogen and oxygen atoms in total. The molecule has 2 fully saturated rings. The Morgan fingerprint density at radius 2 is 1.96 bits per heavy atom. The Balaban J connectivity index is 1.94. The molecule has 3 rings (SSSR count). The number of likely N-dealkylation sites (tertiary alicyclic amines) is 1. The summed E-state index contributed by atoms with van der Waals surface area (Å²) in [6.45, 7) is 0.538. The van der Waals surface area contributed by atoms with Crippen molar-refractivity contribution in [3.63, 3.8) is 0 Å². The summed E-state index contributed by atoms with van der Waals surface area (Å²) in [6, 6.07) is 8.56. The van der Waals surface area contributed by atoms with E-state index in [-0.39, 0.29) is 11.7 Å². The number of nitrogens with zero attached hydrogens (tertiary/aromatic N) is 1. The maximum atomic E-state index is 12.6. The van der Waals surface area contributed by atoms with Gasteiger partial charge in [-0.3, -0.25) is 14.5 Å². The molecule has 2 N–H and O–H groups in total. The third-order valence-electron chi connectivity index (χ3n) is 5.42.